The van der Waals surface area contributed by atoms with Crippen LogP contribution in [-0.4, -0.2) is 42.9 Å². The third-order valence-electron chi connectivity index (χ3n) is 2.92. The second kappa shape index (κ2) is 7.07. The second-order valence-electron chi connectivity index (χ2n) is 3.98. The number of carbonyl (C=O) groups is 1. The lowest BCUT2D eigenvalue weighted by Crippen LogP contribution is -2.49. The Morgan fingerprint density at radius 3 is 2.44 bits per heavy atom. The molecule has 3 nitrogen and oxygen atoms in total. The van der Waals surface area contributed by atoms with Crippen molar-refractivity contribution in [3.8, 4) is 0 Å². The van der Waals surface area contributed by atoms with E-state index in [1.54, 1.807) is 4.90 Å². The number of rotatable bonds is 2. The number of piperazine rings is 1. The molecule has 2 rings (SSSR count). The van der Waals surface area contributed by atoms with Crippen LogP contribution in [0.3, 0.4) is 0 Å². The molecule has 0 saturated carbocycles. The first-order valence-electron chi connectivity index (χ1n) is 5.55. The molecular weight excluding hydrogens is 295 g/mol. The zero-order valence-corrected chi connectivity index (χ0v) is 12.1. The lowest BCUT2D eigenvalue weighted by molar-refractivity contribution is -0.128. The zero-order valence-electron chi connectivity index (χ0n) is 9.81. The number of hydrogen-bond donors (Lipinski definition) is 0. The van der Waals surface area contributed by atoms with Crippen LogP contribution in [-0.2, 0) is 4.79 Å². The van der Waals surface area contributed by atoms with Gasteiger partial charge in [0.25, 0.3) is 0 Å². The zero-order chi connectivity index (χ0) is 12.3. The average Bonchev–Trinajstić information content (AvgIpc) is 2.38. The summed E-state index contributed by atoms with van der Waals surface area (Å²) in [4.78, 5) is 15.4. The molecule has 0 radical (unpaired) electrons. The van der Waals surface area contributed by atoms with Gasteiger partial charge in [0, 0.05) is 36.9 Å². The Morgan fingerprint density at radius 2 is 1.89 bits per heavy atom. The van der Waals surface area contributed by atoms with Crippen LogP contribution in [0.5, 0.6) is 0 Å². The maximum atomic E-state index is 11.4. The van der Waals surface area contributed by atoms with E-state index in [9.17, 15) is 4.79 Å². The van der Waals surface area contributed by atoms with Crippen LogP contribution in [0.15, 0.2) is 24.3 Å². The fraction of sp³-hybridized carbons (Fsp3) is 0.417. The molecule has 1 aliphatic heterocycles. The number of carbonyl (C=O) groups excluding carboxylic acids is 1. The minimum Gasteiger partial charge on any atom is -0.368 e. The molecule has 0 bridgehead atoms. The van der Waals surface area contributed by atoms with E-state index in [0.29, 0.717) is 0 Å². The molecule has 6 heteroatoms. The monoisotopic (exact) mass is 308 g/mol. The van der Waals surface area contributed by atoms with Crippen molar-refractivity contribution in [3.05, 3.63) is 29.3 Å². The van der Waals surface area contributed by atoms with Gasteiger partial charge in [0.15, 0.2) is 0 Å². The average molecular weight is 310 g/mol. The number of amides is 1. The molecule has 1 aromatic carbocycles. The number of anilines is 1. The molecule has 0 aliphatic carbocycles. The van der Waals surface area contributed by atoms with E-state index in [0.717, 1.165) is 36.9 Å². The van der Waals surface area contributed by atoms with Crippen molar-refractivity contribution >= 4 is 47.2 Å². The Hall–Kier alpha value is -0.640. The summed E-state index contributed by atoms with van der Waals surface area (Å²) in [5, 5.41) is 0.738. The number of benzene rings is 1. The van der Waals surface area contributed by atoms with E-state index in [1.165, 1.54) is 0 Å². The van der Waals surface area contributed by atoms with Crippen LogP contribution >= 0.6 is 35.6 Å². The third-order valence-corrected chi connectivity index (χ3v) is 3.38. The van der Waals surface area contributed by atoms with Crippen molar-refractivity contribution in [2.24, 2.45) is 0 Å². The summed E-state index contributed by atoms with van der Waals surface area (Å²) in [5.41, 5.74) is 1.11. The van der Waals surface area contributed by atoms with Gasteiger partial charge in [-0.05, 0) is 18.2 Å². The molecule has 1 amide bonds. The van der Waals surface area contributed by atoms with Crippen LogP contribution in [0.25, 0.3) is 0 Å². The Balaban J connectivity index is 0.00000162. The molecule has 1 fully saturated rings. The molecule has 100 valence electrons. The van der Waals surface area contributed by atoms with Crippen LogP contribution < -0.4 is 4.90 Å². The summed E-state index contributed by atoms with van der Waals surface area (Å²) in [6.45, 7) is 3.09. The molecule has 18 heavy (non-hydrogen) atoms. The van der Waals surface area contributed by atoms with Crippen LogP contribution in [0.1, 0.15) is 0 Å². The lowest BCUT2D eigenvalue weighted by atomic mass is 10.2. The fourth-order valence-corrected chi connectivity index (χ4v) is 2.32. The van der Waals surface area contributed by atoms with Gasteiger partial charge in [0.1, 0.15) is 5.88 Å². The minimum atomic E-state index is 0. The predicted molar refractivity (Wildman–Crippen MR) is 78.2 cm³/mol. The van der Waals surface area contributed by atoms with Gasteiger partial charge in [-0.25, -0.2) is 0 Å². The number of nitrogens with zero attached hydrogens (tertiary/aromatic N) is 2. The van der Waals surface area contributed by atoms with Crippen molar-refractivity contribution in [3.63, 3.8) is 0 Å². The van der Waals surface area contributed by atoms with Crippen molar-refractivity contribution in [2.45, 2.75) is 0 Å². The summed E-state index contributed by atoms with van der Waals surface area (Å²) in [5.74, 6) is 0.0781. The van der Waals surface area contributed by atoms with Gasteiger partial charge in [-0.2, -0.15) is 0 Å². The number of hydrogen-bond acceptors (Lipinski definition) is 2. The van der Waals surface area contributed by atoms with Gasteiger partial charge in [0.2, 0.25) is 5.91 Å². The van der Waals surface area contributed by atoms with E-state index in [2.05, 4.69) is 4.90 Å². The van der Waals surface area contributed by atoms with E-state index in [1.807, 2.05) is 24.3 Å². The van der Waals surface area contributed by atoms with Crippen molar-refractivity contribution in [1.82, 2.24) is 4.90 Å². The summed E-state index contributed by atoms with van der Waals surface area (Å²) in [7, 11) is 0. The van der Waals surface area contributed by atoms with Crippen LogP contribution in [0.2, 0.25) is 5.02 Å². The maximum Gasteiger partial charge on any atom is 0.237 e. The van der Waals surface area contributed by atoms with E-state index in [-0.39, 0.29) is 24.2 Å². The third kappa shape index (κ3) is 3.67. The van der Waals surface area contributed by atoms with Gasteiger partial charge in [-0.3, -0.25) is 4.79 Å². The summed E-state index contributed by atoms with van der Waals surface area (Å²) < 4.78 is 0. The van der Waals surface area contributed by atoms with Crippen molar-refractivity contribution in [2.75, 3.05) is 37.0 Å². The first-order chi connectivity index (χ1) is 8.20. The summed E-state index contributed by atoms with van der Waals surface area (Å²) in [6.07, 6.45) is 0. The Bertz CT molecular complexity index is 406. The highest BCUT2D eigenvalue weighted by molar-refractivity contribution is 6.30. The molecule has 0 unspecified atom stereocenters. The predicted octanol–water partition coefficient (Wildman–Crippen LogP) is 2.65. The molecule has 0 atom stereocenters. The number of alkyl halides is 1. The Kier molecular flexibility index (Phi) is 6.06. The summed E-state index contributed by atoms with van der Waals surface area (Å²) in [6, 6.07) is 7.78. The standard InChI is InChI=1S/C12H14Cl2N2O.ClH/c13-9-12(17)16-6-4-15(5-7-16)11-3-1-2-10(14)8-11;/h1-3,8H,4-7,9H2;1H. The first-order valence-corrected chi connectivity index (χ1v) is 6.46. The SMILES string of the molecule is Cl.O=C(CCl)N1CCN(c2cccc(Cl)c2)CC1. The largest absolute Gasteiger partial charge is 0.368 e. The molecule has 0 spiro atoms. The molecule has 1 aliphatic rings. The summed E-state index contributed by atoms with van der Waals surface area (Å²) >= 11 is 11.5. The van der Waals surface area contributed by atoms with Crippen molar-refractivity contribution < 1.29 is 4.79 Å². The van der Waals surface area contributed by atoms with Crippen LogP contribution in [0.4, 0.5) is 5.69 Å². The van der Waals surface area contributed by atoms with Gasteiger partial charge in [-0.15, -0.1) is 24.0 Å². The maximum absolute atomic E-state index is 11.4. The Labute approximate surface area is 123 Å². The highest BCUT2D eigenvalue weighted by Gasteiger charge is 2.20. The highest BCUT2D eigenvalue weighted by Crippen LogP contribution is 2.20. The van der Waals surface area contributed by atoms with E-state index >= 15 is 0 Å². The minimum absolute atomic E-state index is 0. The molecule has 0 N–H and O–H groups in total. The Morgan fingerprint density at radius 1 is 1.22 bits per heavy atom. The van der Waals surface area contributed by atoms with Crippen molar-refractivity contribution in [1.29, 1.82) is 0 Å². The molecule has 1 aromatic rings. The van der Waals surface area contributed by atoms with Gasteiger partial charge >= 0.3 is 0 Å². The molecule has 1 saturated heterocycles. The second-order valence-corrected chi connectivity index (χ2v) is 4.69. The highest BCUT2D eigenvalue weighted by atomic mass is 35.5. The number of halogens is 3. The smallest absolute Gasteiger partial charge is 0.237 e. The van der Waals surface area contributed by atoms with Gasteiger partial charge < -0.3 is 9.80 Å². The van der Waals surface area contributed by atoms with Gasteiger partial charge in [-0.1, -0.05) is 17.7 Å². The van der Waals surface area contributed by atoms with E-state index < -0.39 is 0 Å². The normalized spacial score (nSPS) is 15.2. The quantitative estimate of drug-likeness (QED) is 0.784. The molecule has 1 heterocycles. The molecule has 0 aromatic heterocycles. The van der Waals surface area contributed by atoms with Gasteiger partial charge in [0.05, 0.1) is 0 Å². The van der Waals surface area contributed by atoms with E-state index in [4.69, 9.17) is 23.2 Å². The lowest BCUT2D eigenvalue weighted by Gasteiger charge is -2.35. The molecular formula is C12H15Cl3N2O. The topological polar surface area (TPSA) is 23.6 Å². The first kappa shape index (κ1) is 15.4. The fourth-order valence-electron chi connectivity index (χ4n) is 1.97. The van der Waals surface area contributed by atoms with Crippen LogP contribution in [0, 0.1) is 0 Å².